The summed E-state index contributed by atoms with van der Waals surface area (Å²) < 4.78 is 5.12. The summed E-state index contributed by atoms with van der Waals surface area (Å²) in [7, 11) is 0. The Balaban J connectivity index is 0.000000720. The van der Waals surface area contributed by atoms with Crippen molar-refractivity contribution in [1.82, 2.24) is 10.2 Å². The largest absolute Gasteiger partial charge is 0.369 e. The van der Waals surface area contributed by atoms with Crippen LogP contribution in [-0.4, -0.2) is 49.7 Å². The highest BCUT2D eigenvalue weighted by Crippen LogP contribution is 2.09. The van der Waals surface area contributed by atoms with Crippen molar-refractivity contribution in [3.63, 3.8) is 0 Å². The van der Waals surface area contributed by atoms with Gasteiger partial charge in [-0.05, 0) is 0 Å². The molecule has 0 saturated carbocycles. The molecule has 0 aliphatic carbocycles. The average molecular weight is 193 g/mol. The zero-order valence-corrected chi connectivity index (χ0v) is 7.60. The molecule has 0 aromatic carbocycles. The van der Waals surface area contributed by atoms with Gasteiger partial charge < -0.3 is 15.0 Å². The third kappa shape index (κ3) is 1.71. The van der Waals surface area contributed by atoms with E-state index in [2.05, 4.69) is 5.32 Å². The van der Waals surface area contributed by atoms with Crippen LogP contribution in [0.5, 0.6) is 0 Å². The van der Waals surface area contributed by atoms with Gasteiger partial charge in [-0.15, -0.1) is 12.4 Å². The minimum atomic E-state index is 0. The summed E-state index contributed by atoms with van der Waals surface area (Å²) in [6.07, 6.45) is 0. The number of rotatable bonds is 0. The molecule has 2 heterocycles. The number of nitrogens with zero attached hydrogens (tertiary/aromatic N) is 1. The van der Waals surface area contributed by atoms with Crippen molar-refractivity contribution in [2.75, 3.05) is 32.8 Å². The van der Waals surface area contributed by atoms with E-state index in [0.29, 0.717) is 6.61 Å². The van der Waals surface area contributed by atoms with Gasteiger partial charge in [-0.1, -0.05) is 0 Å². The number of halogens is 1. The van der Waals surface area contributed by atoms with Crippen LogP contribution in [0.4, 0.5) is 0 Å². The average Bonchev–Trinajstić information content (AvgIpc) is 2.06. The highest BCUT2D eigenvalue weighted by Gasteiger charge is 2.30. The molecule has 70 valence electrons. The van der Waals surface area contributed by atoms with Gasteiger partial charge in [0.25, 0.3) is 0 Å². The minimum absolute atomic E-state index is 0. The van der Waals surface area contributed by atoms with Gasteiger partial charge in [0.1, 0.15) is 6.61 Å². The first-order valence-electron chi connectivity index (χ1n) is 3.96. The molecule has 2 rings (SSSR count). The molecular formula is C7H13ClN2O2. The summed E-state index contributed by atoms with van der Waals surface area (Å²) in [5.74, 6) is 0.141. The quantitative estimate of drug-likeness (QED) is 0.549. The number of ether oxygens (including phenoxy) is 1. The van der Waals surface area contributed by atoms with Crippen molar-refractivity contribution < 1.29 is 9.53 Å². The molecule has 0 radical (unpaired) electrons. The van der Waals surface area contributed by atoms with Gasteiger partial charge in [-0.2, -0.15) is 0 Å². The Morgan fingerprint density at radius 3 is 3.17 bits per heavy atom. The first-order chi connectivity index (χ1) is 5.38. The van der Waals surface area contributed by atoms with Crippen molar-refractivity contribution in [3.8, 4) is 0 Å². The van der Waals surface area contributed by atoms with E-state index in [-0.39, 0.29) is 31.0 Å². The number of amides is 1. The minimum Gasteiger partial charge on any atom is -0.369 e. The van der Waals surface area contributed by atoms with Crippen LogP contribution in [-0.2, 0) is 9.53 Å². The highest BCUT2D eigenvalue weighted by molar-refractivity contribution is 5.85. The van der Waals surface area contributed by atoms with Crippen molar-refractivity contribution in [3.05, 3.63) is 0 Å². The third-order valence-corrected chi connectivity index (χ3v) is 2.21. The number of hydrogen-bond acceptors (Lipinski definition) is 3. The van der Waals surface area contributed by atoms with Gasteiger partial charge in [-0.3, -0.25) is 4.79 Å². The van der Waals surface area contributed by atoms with Gasteiger partial charge in [0, 0.05) is 19.6 Å². The predicted molar refractivity (Wildman–Crippen MR) is 46.4 cm³/mol. The van der Waals surface area contributed by atoms with Crippen LogP contribution >= 0.6 is 12.4 Å². The molecule has 2 aliphatic heterocycles. The zero-order valence-electron chi connectivity index (χ0n) is 6.78. The van der Waals surface area contributed by atoms with Crippen molar-refractivity contribution in [2.45, 2.75) is 6.04 Å². The van der Waals surface area contributed by atoms with Gasteiger partial charge >= 0.3 is 0 Å². The number of hydrogen-bond donors (Lipinski definition) is 1. The standard InChI is InChI=1S/C7H12N2O2.ClH/c10-7-5-11-4-6-3-8-1-2-9(6)7;/h6,8H,1-5H2;1H. The van der Waals surface area contributed by atoms with Gasteiger partial charge in [0.15, 0.2) is 0 Å². The fraction of sp³-hybridized carbons (Fsp3) is 0.857. The number of carbonyl (C=O) groups is 1. The second-order valence-corrected chi connectivity index (χ2v) is 2.96. The van der Waals surface area contributed by atoms with Crippen LogP contribution in [0.2, 0.25) is 0 Å². The van der Waals surface area contributed by atoms with Crippen LogP contribution in [0.1, 0.15) is 0 Å². The van der Waals surface area contributed by atoms with E-state index in [1.165, 1.54) is 0 Å². The molecule has 12 heavy (non-hydrogen) atoms. The number of morpholine rings is 1. The summed E-state index contributed by atoms with van der Waals surface area (Å²) in [6.45, 7) is 3.61. The maximum absolute atomic E-state index is 11.2. The van der Waals surface area contributed by atoms with E-state index >= 15 is 0 Å². The number of carbonyl (C=O) groups excluding carboxylic acids is 1. The van der Waals surface area contributed by atoms with Gasteiger partial charge in [0.05, 0.1) is 12.6 Å². The lowest BCUT2D eigenvalue weighted by atomic mass is 10.2. The normalized spacial score (nSPS) is 29.2. The molecule has 2 aliphatic rings. The van der Waals surface area contributed by atoms with Crippen LogP contribution in [0.25, 0.3) is 0 Å². The molecule has 2 saturated heterocycles. The molecule has 1 atom stereocenters. The van der Waals surface area contributed by atoms with Crippen molar-refractivity contribution >= 4 is 18.3 Å². The Morgan fingerprint density at radius 2 is 2.42 bits per heavy atom. The van der Waals surface area contributed by atoms with Crippen molar-refractivity contribution in [2.24, 2.45) is 0 Å². The van der Waals surface area contributed by atoms with Crippen LogP contribution < -0.4 is 5.32 Å². The molecule has 2 fully saturated rings. The maximum Gasteiger partial charge on any atom is 0.248 e. The molecule has 0 spiro atoms. The fourth-order valence-electron chi connectivity index (χ4n) is 1.60. The van der Waals surface area contributed by atoms with Gasteiger partial charge in [-0.25, -0.2) is 0 Å². The summed E-state index contributed by atoms with van der Waals surface area (Å²) in [5, 5.41) is 3.23. The number of nitrogens with one attached hydrogen (secondary N) is 1. The molecule has 5 heteroatoms. The highest BCUT2D eigenvalue weighted by atomic mass is 35.5. The molecule has 1 N–H and O–H groups in total. The van der Waals surface area contributed by atoms with Gasteiger partial charge in [0.2, 0.25) is 5.91 Å². The Labute approximate surface area is 77.7 Å². The molecule has 1 unspecified atom stereocenters. The topological polar surface area (TPSA) is 41.6 Å². The van der Waals surface area contributed by atoms with Crippen molar-refractivity contribution in [1.29, 1.82) is 0 Å². The fourth-order valence-corrected chi connectivity index (χ4v) is 1.60. The van der Waals surface area contributed by atoms with E-state index in [1.54, 1.807) is 0 Å². The summed E-state index contributed by atoms with van der Waals surface area (Å²) in [6, 6.07) is 0.282. The second kappa shape index (κ2) is 4.07. The summed E-state index contributed by atoms with van der Waals surface area (Å²) >= 11 is 0. The third-order valence-electron chi connectivity index (χ3n) is 2.21. The molecule has 4 nitrogen and oxygen atoms in total. The number of piperazine rings is 1. The van der Waals surface area contributed by atoms with Crippen LogP contribution in [0.15, 0.2) is 0 Å². The van der Waals surface area contributed by atoms with Crippen LogP contribution in [0, 0.1) is 0 Å². The van der Waals surface area contributed by atoms with E-state index in [1.807, 2.05) is 4.90 Å². The van der Waals surface area contributed by atoms with E-state index in [0.717, 1.165) is 19.6 Å². The zero-order chi connectivity index (χ0) is 7.68. The second-order valence-electron chi connectivity index (χ2n) is 2.96. The monoisotopic (exact) mass is 192 g/mol. The summed E-state index contributed by atoms with van der Waals surface area (Å²) in [4.78, 5) is 13.1. The summed E-state index contributed by atoms with van der Waals surface area (Å²) in [5.41, 5.74) is 0. The number of fused-ring (bicyclic) bond motifs is 1. The lowest BCUT2D eigenvalue weighted by Crippen LogP contribution is -2.59. The lowest BCUT2D eigenvalue weighted by molar-refractivity contribution is -0.149. The molecule has 1 amide bonds. The molecule has 0 aromatic rings. The first-order valence-corrected chi connectivity index (χ1v) is 3.96. The Bertz CT molecular complexity index is 175. The molecule has 0 bridgehead atoms. The Morgan fingerprint density at radius 1 is 1.58 bits per heavy atom. The van der Waals surface area contributed by atoms with E-state index in [9.17, 15) is 4.79 Å². The Kier molecular flexibility index (Phi) is 3.31. The Hall–Kier alpha value is -0.320. The maximum atomic E-state index is 11.2. The SMILES string of the molecule is Cl.O=C1COCC2CNCCN12. The van der Waals surface area contributed by atoms with E-state index < -0.39 is 0 Å². The lowest BCUT2D eigenvalue weighted by Gasteiger charge is -2.39. The smallest absolute Gasteiger partial charge is 0.248 e. The molecular weight excluding hydrogens is 180 g/mol. The predicted octanol–water partition coefficient (Wildman–Crippen LogP) is -0.761. The molecule has 0 aromatic heterocycles. The van der Waals surface area contributed by atoms with E-state index in [4.69, 9.17) is 4.74 Å². The first kappa shape index (κ1) is 9.77. The van der Waals surface area contributed by atoms with Crippen LogP contribution in [0.3, 0.4) is 0 Å².